The van der Waals surface area contributed by atoms with Crippen LogP contribution in [-0.2, 0) is 5.41 Å². The quantitative estimate of drug-likeness (QED) is 0.131. The van der Waals surface area contributed by atoms with Crippen molar-refractivity contribution in [3.63, 3.8) is 0 Å². The largest absolute Gasteiger partial charge is 0.337 e. The smallest absolute Gasteiger partial charge is 0.0531 e. The van der Waals surface area contributed by atoms with Gasteiger partial charge >= 0.3 is 0 Å². The zero-order valence-electron chi connectivity index (χ0n) is 44.9. The van der Waals surface area contributed by atoms with Gasteiger partial charge in [-0.2, -0.15) is 0 Å². The fourth-order valence-corrected chi connectivity index (χ4v) is 14.5. The molecule has 9 aromatic carbocycles. The van der Waals surface area contributed by atoms with Gasteiger partial charge in [-0.1, -0.05) is 251 Å². The first-order chi connectivity index (χ1) is 39.0. The minimum Gasteiger partial charge on any atom is -0.337 e. The predicted octanol–water partition coefficient (Wildman–Crippen LogP) is 20.1. The average Bonchev–Trinajstić information content (AvgIpc) is 4.37. The van der Waals surface area contributed by atoms with Crippen molar-refractivity contribution in [2.75, 3.05) is 4.90 Å². The Morgan fingerprint density at radius 2 is 1.11 bits per heavy atom. The zero-order valence-corrected chi connectivity index (χ0v) is 44.9. The van der Waals surface area contributed by atoms with Gasteiger partial charge in [-0.25, -0.2) is 0 Å². The van der Waals surface area contributed by atoms with Gasteiger partial charge in [0.25, 0.3) is 0 Å². The van der Waals surface area contributed by atoms with Crippen LogP contribution in [0.3, 0.4) is 0 Å². The topological polar surface area (TPSA) is 8.17 Å². The maximum atomic E-state index is 2.67. The van der Waals surface area contributed by atoms with Crippen LogP contribution in [0.15, 0.2) is 273 Å². The minimum absolute atomic E-state index is 0.0399. The molecule has 0 bridgehead atoms. The van der Waals surface area contributed by atoms with Crippen molar-refractivity contribution < 1.29 is 0 Å². The SMILES string of the molecule is CC1(C)c2cc(-c3ccc(-c4c5cc(-n6c(-c7ccccc7)ccc6C6C=CC=CC6)ccc5c(-c5cccc6ccccc56)c5cc(N6C(c7ccccc7)=CCC6C6C=CC=CC6)ccc45)cc3)ccc2C2C=CC=CC21. The van der Waals surface area contributed by atoms with E-state index in [9.17, 15) is 0 Å². The van der Waals surface area contributed by atoms with E-state index in [1.165, 1.54) is 111 Å². The molecule has 0 saturated heterocycles. The van der Waals surface area contributed by atoms with Crippen molar-refractivity contribution in [1.82, 2.24) is 4.57 Å². The molecule has 2 heterocycles. The molecule has 2 heteroatoms. The third-order valence-electron chi connectivity index (χ3n) is 18.3. The van der Waals surface area contributed by atoms with Gasteiger partial charge in [-0.05, 0) is 155 Å². The lowest BCUT2D eigenvalue weighted by atomic mass is 9.74. The normalized spacial score (nSPS) is 20.6. The summed E-state index contributed by atoms with van der Waals surface area (Å²) < 4.78 is 2.54. The van der Waals surface area contributed by atoms with Crippen LogP contribution in [0.2, 0.25) is 0 Å². The molecule has 0 N–H and O–H groups in total. The number of hydrogen-bond acceptors (Lipinski definition) is 1. The Bertz CT molecular complexity index is 4260. The second kappa shape index (κ2) is 19.2. The lowest BCUT2D eigenvalue weighted by Crippen LogP contribution is -2.35. The van der Waals surface area contributed by atoms with Crippen LogP contribution < -0.4 is 4.90 Å². The van der Waals surface area contributed by atoms with Crippen LogP contribution in [0.1, 0.15) is 67.3 Å². The molecule has 0 fully saturated rings. The van der Waals surface area contributed by atoms with E-state index in [1.807, 2.05) is 0 Å². The lowest BCUT2D eigenvalue weighted by Gasteiger charge is -2.35. The summed E-state index contributed by atoms with van der Waals surface area (Å²) in [5, 5.41) is 7.45. The third-order valence-corrected chi connectivity index (χ3v) is 18.3. The first kappa shape index (κ1) is 47.3. The highest BCUT2D eigenvalue weighted by molar-refractivity contribution is 6.24. The van der Waals surface area contributed by atoms with Gasteiger partial charge in [0.2, 0.25) is 0 Å². The Balaban J connectivity index is 0.991. The van der Waals surface area contributed by atoms with Gasteiger partial charge in [0.15, 0.2) is 0 Å². The van der Waals surface area contributed by atoms with Crippen molar-refractivity contribution in [1.29, 1.82) is 0 Å². The molecule has 5 aliphatic rings. The zero-order chi connectivity index (χ0) is 52.6. The van der Waals surface area contributed by atoms with E-state index in [1.54, 1.807) is 0 Å². The molecule has 2 nitrogen and oxygen atoms in total. The van der Waals surface area contributed by atoms with Crippen molar-refractivity contribution >= 4 is 43.7 Å². The Morgan fingerprint density at radius 3 is 1.91 bits per heavy atom. The second-order valence-electron chi connectivity index (χ2n) is 23.0. The third kappa shape index (κ3) is 7.91. The molecule has 79 heavy (non-hydrogen) atoms. The molecular weight excluding hydrogens is 953 g/mol. The van der Waals surface area contributed by atoms with E-state index in [2.05, 4.69) is 296 Å². The number of rotatable bonds is 9. The monoisotopic (exact) mass is 1010 g/mol. The summed E-state index contributed by atoms with van der Waals surface area (Å²) in [5.41, 5.74) is 19.0. The summed E-state index contributed by atoms with van der Waals surface area (Å²) in [5.74, 6) is 1.53. The molecular formula is C77H62N2. The van der Waals surface area contributed by atoms with E-state index in [-0.39, 0.29) is 17.4 Å². The maximum absolute atomic E-state index is 2.67. The van der Waals surface area contributed by atoms with Crippen LogP contribution in [0.5, 0.6) is 0 Å². The Kier molecular flexibility index (Phi) is 11.5. The fraction of sp³-hybridized carbons (Fsp3) is 0.143. The van der Waals surface area contributed by atoms with E-state index in [0.29, 0.717) is 17.8 Å². The molecule has 15 rings (SSSR count). The van der Waals surface area contributed by atoms with E-state index in [4.69, 9.17) is 0 Å². The molecule has 0 saturated carbocycles. The fourth-order valence-electron chi connectivity index (χ4n) is 14.5. The maximum Gasteiger partial charge on any atom is 0.0531 e. The van der Waals surface area contributed by atoms with E-state index in [0.717, 1.165) is 24.9 Å². The van der Waals surface area contributed by atoms with Gasteiger partial charge in [-0.15, -0.1) is 0 Å². The number of nitrogens with zero attached hydrogens (tertiary/aromatic N) is 2. The highest BCUT2D eigenvalue weighted by Crippen LogP contribution is 2.54. The highest BCUT2D eigenvalue weighted by atomic mass is 15.2. The predicted molar refractivity (Wildman–Crippen MR) is 335 cm³/mol. The van der Waals surface area contributed by atoms with Crippen molar-refractivity contribution in [3.05, 3.63) is 295 Å². The Labute approximate surface area is 464 Å². The van der Waals surface area contributed by atoms with Gasteiger partial charge < -0.3 is 9.47 Å². The van der Waals surface area contributed by atoms with Crippen molar-refractivity contribution in [2.45, 2.75) is 56.4 Å². The standard InChI is InChI=1S/C77H62N2/c1-77(2)69-33-18-17-31-62(69)63-41-38-58(48-70(63)77)51-34-36-57(37-35-51)75-65-42-39-60(79-73(55-25-11-5-12-26-55)46-47-74(79)56-27-13-6-14-28-56)50-68(65)76(64-32-19-29-52-20-15-16-30-61(52)64)66-43-40-59(49-67(66)75)78-71(53-21-7-3-8-22-53)44-45-72(78)54-23-9-4-10-24-54/h3-23,25-27,29-46,48-50,54,56,62,69,74H,24,28,47H2,1-2H3. The number of anilines is 1. The molecule has 5 atom stereocenters. The molecule has 5 unspecified atom stereocenters. The van der Waals surface area contributed by atoms with E-state index < -0.39 is 0 Å². The molecule has 0 spiro atoms. The Morgan fingerprint density at radius 1 is 0.443 bits per heavy atom. The minimum atomic E-state index is 0.0399. The summed E-state index contributed by atoms with van der Waals surface area (Å²) in [7, 11) is 0. The number of aromatic nitrogens is 1. The first-order valence-electron chi connectivity index (χ1n) is 28.6. The lowest BCUT2D eigenvalue weighted by molar-refractivity contribution is 0.394. The van der Waals surface area contributed by atoms with Crippen LogP contribution >= 0.6 is 0 Å². The number of allylic oxidation sites excluding steroid dienone is 11. The second-order valence-corrected chi connectivity index (χ2v) is 23.0. The first-order valence-corrected chi connectivity index (χ1v) is 28.6. The molecule has 0 amide bonds. The average molecular weight is 1020 g/mol. The van der Waals surface area contributed by atoms with Crippen LogP contribution in [-0.4, -0.2) is 10.6 Å². The summed E-state index contributed by atoms with van der Waals surface area (Å²) in [6.07, 6.45) is 33.0. The summed E-state index contributed by atoms with van der Waals surface area (Å²) in [4.78, 5) is 2.67. The summed E-state index contributed by atoms with van der Waals surface area (Å²) in [6, 6.07) is 74.3. The van der Waals surface area contributed by atoms with Gasteiger partial charge in [-0.3, -0.25) is 0 Å². The van der Waals surface area contributed by atoms with Gasteiger partial charge in [0, 0.05) is 46.6 Å². The Hall–Kier alpha value is -8.98. The molecule has 1 aliphatic heterocycles. The summed E-state index contributed by atoms with van der Waals surface area (Å²) >= 11 is 0. The number of fused-ring (bicyclic) bond motifs is 6. The van der Waals surface area contributed by atoms with Crippen molar-refractivity contribution in [2.24, 2.45) is 11.8 Å². The molecule has 4 aliphatic carbocycles. The molecule has 1 aromatic heterocycles. The van der Waals surface area contributed by atoms with Crippen molar-refractivity contribution in [3.8, 4) is 50.3 Å². The molecule has 0 radical (unpaired) electrons. The van der Waals surface area contributed by atoms with Crippen LogP contribution in [0, 0.1) is 11.8 Å². The van der Waals surface area contributed by atoms with E-state index >= 15 is 0 Å². The van der Waals surface area contributed by atoms with Gasteiger partial charge in [0.05, 0.1) is 5.69 Å². The summed E-state index contributed by atoms with van der Waals surface area (Å²) in [6.45, 7) is 4.86. The van der Waals surface area contributed by atoms with Crippen LogP contribution in [0.4, 0.5) is 5.69 Å². The molecule has 380 valence electrons. The number of hydrogen-bond donors (Lipinski definition) is 0. The van der Waals surface area contributed by atoms with Gasteiger partial charge in [0.1, 0.15) is 0 Å². The van der Waals surface area contributed by atoms with Crippen LogP contribution in [0.25, 0.3) is 88.3 Å². The highest BCUT2D eigenvalue weighted by Gasteiger charge is 2.44. The number of benzene rings is 9. The molecule has 10 aromatic rings.